The molecule has 2 aromatic rings. The lowest BCUT2D eigenvalue weighted by molar-refractivity contribution is 0.101. The number of nitrogens with one attached hydrogen (secondary N) is 1. The number of nitrogens with two attached hydrogens (primary N) is 1. The van der Waals surface area contributed by atoms with Crippen LogP contribution >= 0.6 is 11.6 Å². The Morgan fingerprint density at radius 2 is 2.19 bits per heavy atom. The topological polar surface area (TPSA) is 60.0 Å². The number of anilines is 1. The summed E-state index contributed by atoms with van der Waals surface area (Å²) >= 11 is 5.89. The van der Waals surface area contributed by atoms with E-state index in [4.69, 9.17) is 17.3 Å². The van der Waals surface area contributed by atoms with Crippen molar-refractivity contribution in [1.82, 2.24) is 4.57 Å². The first kappa shape index (κ1) is 15.2. The molecule has 1 aromatic heterocycles. The summed E-state index contributed by atoms with van der Waals surface area (Å²) in [5, 5.41) is 3.37. The molecule has 0 aliphatic carbocycles. The highest BCUT2D eigenvalue weighted by Gasteiger charge is 2.11. The van der Waals surface area contributed by atoms with Gasteiger partial charge in [0.1, 0.15) is 5.69 Å². The minimum atomic E-state index is -0.217. The van der Waals surface area contributed by atoms with Gasteiger partial charge in [-0.15, -0.1) is 0 Å². The van der Waals surface area contributed by atoms with Crippen molar-refractivity contribution in [3.63, 3.8) is 0 Å². The third-order valence-electron chi connectivity index (χ3n) is 3.02. The van der Waals surface area contributed by atoms with Crippen molar-refractivity contribution in [2.24, 2.45) is 12.8 Å². The maximum Gasteiger partial charge on any atom is 0.272 e. The van der Waals surface area contributed by atoms with Crippen LogP contribution in [0.25, 0.3) is 0 Å². The molecule has 0 aliphatic rings. The number of nitrogens with zero attached hydrogens (tertiary/aromatic N) is 1. The van der Waals surface area contributed by atoms with Crippen LogP contribution in [0, 0.1) is 18.8 Å². The molecular formula is C16H16ClN3O. The van der Waals surface area contributed by atoms with Gasteiger partial charge in [-0.3, -0.25) is 4.79 Å². The Kier molecular flexibility index (Phi) is 4.69. The zero-order chi connectivity index (χ0) is 15.4. The average molecular weight is 302 g/mol. The normalized spacial score (nSPS) is 9.90. The average Bonchev–Trinajstić information content (AvgIpc) is 2.78. The fourth-order valence-electron chi connectivity index (χ4n) is 1.93. The number of hydrogen-bond donors (Lipinski definition) is 2. The molecule has 1 amide bonds. The molecule has 1 heterocycles. The first-order valence-electron chi connectivity index (χ1n) is 6.44. The van der Waals surface area contributed by atoms with E-state index in [9.17, 15) is 4.79 Å². The Morgan fingerprint density at radius 3 is 2.81 bits per heavy atom. The van der Waals surface area contributed by atoms with Crippen molar-refractivity contribution in [3.05, 3.63) is 52.3 Å². The van der Waals surface area contributed by atoms with Crippen molar-refractivity contribution in [1.29, 1.82) is 0 Å². The molecule has 3 N–H and O–H groups in total. The summed E-state index contributed by atoms with van der Waals surface area (Å²) in [7, 11) is 1.77. The standard InChI is InChI=1S/C16H16ClN3O/c1-11-5-6-14(8-12(11)4-3-7-18)19-16(21)15-9-13(17)10-20(15)2/h5-6,8-10H,7,18H2,1-2H3,(H,19,21). The van der Waals surface area contributed by atoms with Gasteiger partial charge in [0.25, 0.3) is 5.91 Å². The molecule has 4 nitrogen and oxygen atoms in total. The predicted molar refractivity (Wildman–Crippen MR) is 85.5 cm³/mol. The van der Waals surface area contributed by atoms with E-state index in [1.165, 1.54) is 0 Å². The lowest BCUT2D eigenvalue weighted by atomic mass is 10.1. The zero-order valence-corrected chi connectivity index (χ0v) is 12.7. The van der Waals surface area contributed by atoms with Gasteiger partial charge in [0.2, 0.25) is 0 Å². The Balaban J connectivity index is 2.23. The van der Waals surface area contributed by atoms with Crippen molar-refractivity contribution in [2.45, 2.75) is 6.92 Å². The number of aromatic nitrogens is 1. The molecule has 0 saturated carbocycles. The largest absolute Gasteiger partial charge is 0.345 e. The number of carbonyl (C=O) groups excluding carboxylic acids is 1. The van der Waals surface area contributed by atoms with Crippen molar-refractivity contribution >= 4 is 23.2 Å². The second-order valence-corrected chi connectivity index (χ2v) is 5.08. The Labute approximate surface area is 128 Å². The summed E-state index contributed by atoms with van der Waals surface area (Å²) < 4.78 is 1.68. The highest BCUT2D eigenvalue weighted by Crippen LogP contribution is 2.17. The second kappa shape index (κ2) is 6.49. The zero-order valence-electron chi connectivity index (χ0n) is 11.9. The van der Waals surface area contributed by atoms with Crippen LogP contribution in [0.4, 0.5) is 5.69 Å². The van der Waals surface area contributed by atoms with Crippen LogP contribution in [0.1, 0.15) is 21.6 Å². The van der Waals surface area contributed by atoms with E-state index in [0.29, 0.717) is 22.9 Å². The van der Waals surface area contributed by atoms with Crippen LogP contribution in [0.15, 0.2) is 30.5 Å². The Morgan fingerprint density at radius 1 is 1.43 bits per heavy atom. The summed E-state index contributed by atoms with van der Waals surface area (Å²) in [5.41, 5.74) is 8.45. The molecule has 0 saturated heterocycles. The fourth-order valence-corrected chi connectivity index (χ4v) is 2.18. The first-order valence-corrected chi connectivity index (χ1v) is 6.82. The van der Waals surface area contributed by atoms with Crippen LogP contribution in [0.5, 0.6) is 0 Å². The number of aryl methyl sites for hydroxylation is 2. The van der Waals surface area contributed by atoms with Gasteiger partial charge in [-0.1, -0.05) is 29.5 Å². The summed E-state index contributed by atoms with van der Waals surface area (Å²) in [5.74, 6) is 5.59. The van der Waals surface area contributed by atoms with E-state index >= 15 is 0 Å². The number of halogens is 1. The highest BCUT2D eigenvalue weighted by molar-refractivity contribution is 6.31. The molecule has 21 heavy (non-hydrogen) atoms. The van der Waals surface area contributed by atoms with Crippen LogP contribution < -0.4 is 11.1 Å². The fraction of sp³-hybridized carbons (Fsp3) is 0.188. The molecule has 5 heteroatoms. The van der Waals surface area contributed by atoms with E-state index in [1.54, 1.807) is 23.9 Å². The third-order valence-corrected chi connectivity index (χ3v) is 3.23. The van der Waals surface area contributed by atoms with E-state index in [-0.39, 0.29) is 5.91 Å². The van der Waals surface area contributed by atoms with Crippen molar-refractivity contribution in [3.8, 4) is 11.8 Å². The Bertz CT molecular complexity index is 738. The van der Waals surface area contributed by atoms with E-state index in [2.05, 4.69) is 17.2 Å². The molecule has 0 aliphatic heterocycles. The summed E-state index contributed by atoms with van der Waals surface area (Å²) in [6.07, 6.45) is 1.68. The van der Waals surface area contributed by atoms with Gasteiger partial charge in [-0.25, -0.2) is 0 Å². The second-order valence-electron chi connectivity index (χ2n) is 4.64. The van der Waals surface area contributed by atoms with Crippen LogP contribution in [0.2, 0.25) is 5.02 Å². The molecule has 0 atom stereocenters. The molecule has 0 unspecified atom stereocenters. The quantitative estimate of drug-likeness (QED) is 0.838. The Hall–Kier alpha value is -2.22. The van der Waals surface area contributed by atoms with Gasteiger partial charge in [0.05, 0.1) is 11.6 Å². The minimum absolute atomic E-state index is 0.217. The van der Waals surface area contributed by atoms with Crippen molar-refractivity contribution < 1.29 is 4.79 Å². The highest BCUT2D eigenvalue weighted by atomic mass is 35.5. The lowest BCUT2D eigenvalue weighted by Crippen LogP contribution is -2.15. The summed E-state index contributed by atoms with van der Waals surface area (Å²) in [6.45, 7) is 2.26. The van der Waals surface area contributed by atoms with Crippen LogP contribution in [-0.4, -0.2) is 17.0 Å². The number of rotatable bonds is 2. The van der Waals surface area contributed by atoms with Gasteiger partial charge >= 0.3 is 0 Å². The maximum atomic E-state index is 12.2. The first-order chi connectivity index (χ1) is 10.0. The monoisotopic (exact) mass is 301 g/mol. The van der Waals surface area contributed by atoms with Gasteiger partial charge in [0, 0.05) is 24.5 Å². The molecular weight excluding hydrogens is 286 g/mol. The molecule has 0 fully saturated rings. The number of carbonyl (C=O) groups is 1. The summed E-state index contributed by atoms with van der Waals surface area (Å²) in [6, 6.07) is 7.21. The molecule has 0 radical (unpaired) electrons. The number of benzene rings is 1. The van der Waals surface area contributed by atoms with Crippen molar-refractivity contribution in [2.75, 3.05) is 11.9 Å². The predicted octanol–water partition coefficient (Wildman–Crippen LogP) is 2.55. The SMILES string of the molecule is Cc1ccc(NC(=O)c2cc(Cl)cn2C)cc1C#CCN. The van der Waals surface area contributed by atoms with Gasteiger partial charge in [-0.2, -0.15) is 0 Å². The smallest absolute Gasteiger partial charge is 0.272 e. The molecule has 1 aromatic carbocycles. The number of hydrogen-bond acceptors (Lipinski definition) is 2. The summed E-state index contributed by atoms with van der Waals surface area (Å²) in [4.78, 5) is 12.2. The molecule has 108 valence electrons. The lowest BCUT2D eigenvalue weighted by Gasteiger charge is -2.08. The van der Waals surface area contributed by atoms with Gasteiger partial charge in [0.15, 0.2) is 0 Å². The van der Waals surface area contributed by atoms with E-state index in [0.717, 1.165) is 11.1 Å². The van der Waals surface area contributed by atoms with Gasteiger partial charge < -0.3 is 15.6 Å². The molecule has 0 spiro atoms. The molecule has 0 bridgehead atoms. The molecule has 2 rings (SSSR count). The number of amides is 1. The minimum Gasteiger partial charge on any atom is -0.345 e. The maximum absolute atomic E-state index is 12.2. The van der Waals surface area contributed by atoms with E-state index < -0.39 is 0 Å². The van der Waals surface area contributed by atoms with Crippen LogP contribution in [-0.2, 0) is 7.05 Å². The van der Waals surface area contributed by atoms with Gasteiger partial charge in [-0.05, 0) is 30.7 Å². The third kappa shape index (κ3) is 3.66. The van der Waals surface area contributed by atoms with Crippen LogP contribution in [0.3, 0.4) is 0 Å². The van der Waals surface area contributed by atoms with E-state index in [1.807, 2.05) is 25.1 Å².